The molecule has 1 aromatic heterocycles. The number of nitrogens with zero attached hydrogens (tertiary/aromatic N) is 2. The molecule has 3 N–H and O–H groups in total. The van der Waals surface area contributed by atoms with Crippen LogP contribution in [0.5, 0.6) is 0 Å². The van der Waals surface area contributed by atoms with Crippen molar-refractivity contribution >= 4 is 11.6 Å². The Morgan fingerprint density at radius 2 is 2.14 bits per heavy atom. The summed E-state index contributed by atoms with van der Waals surface area (Å²) in [5.41, 5.74) is 7.91. The van der Waals surface area contributed by atoms with Crippen molar-refractivity contribution in [3.05, 3.63) is 47.8 Å². The minimum Gasteiger partial charge on any atom is -0.383 e. The van der Waals surface area contributed by atoms with Gasteiger partial charge in [0.05, 0.1) is 25.0 Å². The van der Waals surface area contributed by atoms with Crippen molar-refractivity contribution in [3.8, 4) is 0 Å². The number of aromatic nitrogens is 2. The summed E-state index contributed by atoms with van der Waals surface area (Å²) < 4.78 is 6.71. The Bertz CT molecular complexity index is 578. The lowest BCUT2D eigenvalue weighted by molar-refractivity contribution is 0.102. The third-order valence-corrected chi connectivity index (χ3v) is 3.06. The molecule has 0 saturated carbocycles. The molecule has 6 heteroatoms. The van der Waals surface area contributed by atoms with E-state index in [1.165, 1.54) is 0 Å². The van der Waals surface area contributed by atoms with E-state index in [9.17, 15) is 4.79 Å². The van der Waals surface area contributed by atoms with E-state index >= 15 is 0 Å². The Labute approximate surface area is 123 Å². The lowest BCUT2D eigenvalue weighted by Gasteiger charge is -2.04. The number of anilines is 1. The standard InChI is InChI=1S/C15H20N4O2/c1-21-9-8-19-11-14(10-17-19)18-15(20)13-4-2-12(3-5-13)6-7-16/h2-5,10-11H,6-9,16H2,1H3,(H,18,20). The van der Waals surface area contributed by atoms with Crippen molar-refractivity contribution in [2.24, 2.45) is 5.73 Å². The van der Waals surface area contributed by atoms with Gasteiger partial charge in [0.1, 0.15) is 0 Å². The van der Waals surface area contributed by atoms with Gasteiger partial charge in [0.2, 0.25) is 0 Å². The summed E-state index contributed by atoms with van der Waals surface area (Å²) in [6.45, 7) is 1.84. The summed E-state index contributed by atoms with van der Waals surface area (Å²) in [6.07, 6.45) is 4.21. The van der Waals surface area contributed by atoms with Crippen LogP contribution in [0.3, 0.4) is 0 Å². The van der Waals surface area contributed by atoms with Gasteiger partial charge in [0.25, 0.3) is 5.91 Å². The number of carbonyl (C=O) groups excluding carboxylic acids is 1. The zero-order chi connectivity index (χ0) is 15.1. The highest BCUT2D eigenvalue weighted by Gasteiger charge is 2.07. The molecule has 0 atom stereocenters. The molecule has 0 fully saturated rings. The number of hydrogen-bond donors (Lipinski definition) is 2. The van der Waals surface area contributed by atoms with E-state index in [2.05, 4.69) is 10.4 Å². The summed E-state index contributed by atoms with van der Waals surface area (Å²) in [7, 11) is 1.64. The summed E-state index contributed by atoms with van der Waals surface area (Å²) in [6, 6.07) is 7.44. The molecule has 0 saturated heterocycles. The second-order valence-electron chi connectivity index (χ2n) is 4.67. The van der Waals surface area contributed by atoms with Gasteiger partial charge in [-0.1, -0.05) is 12.1 Å². The maximum Gasteiger partial charge on any atom is 0.255 e. The maximum atomic E-state index is 12.1. The van der Waals surface area contributed by atoms with E-state index in [-0.39, 0.29) is 5.91 Å². The van der Waals surface area contributed by atoms with Gasteiger partial charge < -0.3 is 15.8 Å². The first kappa shape index (κ1) is 15.2. The molecule has 1 aromatic carbocycles. The monoisotopic (exact) mass is 288 g/mol. The molecule has 0 aliphatic rings. The minimum atomic E-state index is -0.152. The van der Waals surface area contributed by atoms with Crippen molar-refractivity contribution in [1.82, 2.24) is 9.78 Å². The lowest BCUT2D eigenvalue weighted by Crippen LogP contribution is -2.12. The van der Waals surface area contributed by atoms with Crippen LogP contribution in [0.2, 0.25) is 0 Å². The molecular formula is C15H20N4O2. The molecule has 6 nitrogen and oxygen atoms in total. The third-order valence-electron chi connectivity index (χ3n) is 3.06. The summed E-state index contributed by atoms with van der Waals surface area (Å²) in [4.78, 5) is 12.1. The highest BCUT2D eigenvalue weighted by atomic mass is 16.5. The molecule has 0 unspecified atom stereocenters. The minimum absolute atomic E-state index is 0.152. The summed E-state index contributed by atoms with van der Waals surface area (Å²) in [5.74, 6) is -0.152. The average Bonchev–Trinajstić information content (AvgIpc) is 2.93. The average molecular weight is 288 g/mol. The van der Waals surface area contributed by atoms with Gasteiger partial charge in [-0.05, 0) is 30.7 Å². The van der Waals surface area contributed by atoms with Crippen LogP contribution < -0.4 is 11.1 Å². The first-order valence-corrected chi connectivity index (χ1v) is 6.84. The molecule has 21 heavy (non-hydrogen) atoms. The zero-order valence-corrected chi connectivity index (χ0v) is 12.1. The number of amides is 1. The SMILES string of the molecule is COCCn1cc(NC(=O)c2ccc(CCN)cc2)cn1. The van der Waals surface area contributed by atoms with E-state index in [1.807, 2.05) is 12.1 Å². The predicted octanol–water partition coefficient (Wildman–Crippen LogP) is 1.28. The topological polar surface area (TPSA) is 82.2 Å². The van der Waals surface area contributed by atoms with Crippen LogP contribution in [0.1, 0.15) is 15.9 Å². The molecule has 0 aliphatic heterocycles. The van der Waals surface area contributed by atoms with Gasteiger partial charge in [0, 0.05) is 18.9 Å². The lowest BCUT2D eigenvalue weighted by atomic mass is 10.1. The fourth-order valence-corrected chi connectivity index (χ4v) is 1.93. The molecule has 0 spiro atoms. The number of methoxy groups -OCH3 is 1. The van der Waals surface area contributed by atoms with Crippen molar-refractivity contribution < 1.29 is 9.53 Å². The molecule has 2 rings (SSSR count). The molecular weight excluding hydrogens is 268 g/mol. The van der Waals surface area contributed by atoms with Gasteiger partial charge in [-0.25, -0.2) is 0 Å². The molecule has 1 amide bonds. The Morgan fingerprint density at radius 3 is 2.81 bits per heavy atom. The summed E-state index contributed by atoms with van der Waals surface area (Å²) in [5, 5.41) is 6.97. The van der Waals surface area contributed by atoms with E-state index in [4.69, 9.17) is 10.5 Å². The van der Waals surface area contributed by atoms with Gasteiger partial charge in [-0.15, -0.1) is 0 Å². The molecule has 112 valence electrons. The van der Waals surface area contributed by atoms with Gasteiger partial charge in [-0.2, -0.15) is 5.10 Å². The Balaban J connectivity index is 1.95. The normalized spacial score (nSPS) is 10.6. The Morgan fingerprint density at radius 1 is 1.38 bits per heavy atom. The number of rotatable bonds is 7. The highest BCUT2D eigenvalue weighted by Crippen LogP contribution is 2.10. The highest BCUT2D eigenvalue weighted by molar-refractivity contribution is 6.04. The Hall–Kier alpha value is -2.18. The molecule has 0 aliphatic carbocycles. The number of hydrogen-bond acceptors (Lipinski definition) is 4. The van der Waals surface area contributed by atoms with Crippen molar-refractivity contribution in [3.63, 3.8) is 0 Å². The number of ether oxygens (including phenoxy) is 1. The first-order valence-electron chi connectivity index (χ1n) is 6.84. The van der Waals surface area contributed by atoms with Crippen LogP contribution >= 0.6 is 0 Å². The third kappa shape index (κ3) is 4.40. The zero-order valence-electron chi connectivity index (χ0n) is 12.1. The van der Waals surface area contributed by atoms with E-state index in [1.54, 1.807) is 36.3 Å². The van der Waals surface area contributed by atoms with Gasteiger partial charge in [0.15, 0.2) is 0 Å². The predicted molar refractivity (Wildman–Crippen MR) is 81.3 cm³/mol. The molecule has 0 bridgehead atoms. The largest absolute Gasteiger partial charge is 0.383 e. The second-order valence-corrected chi connectivity index (χ2v) is 4.67. The van der Waals surface area contributed by atoms with Crippen LogP contribution in [-0.4, -0.2) is 35.9 Å². The number of nitrogens with one attached hydrogen (secondary N) is 1. The maximum absolute atomic E-state index is 12.1. The smallest absolute Gasteiger partial charge is 0.255 e. The fourth-order valence-electron chi connectivity index (χ4n) is 1.93. The van der Waals surface area contributed by atoms with Crippen LogP contribution in [-0.2, 0) is 17.7 Å². The van der Waals surface area contributed by atoms with Crippen LogP contribution in [0.25, 0.3) is 0 Å². The van der Waals surface area contributed by atoms with E-state index in [0.717, 1.165) is 12.0 Å². The van der Waals surface area contributed by atoms with Crippen LogP contribution in [0, 0.1) is 0 Å². The molecule has 0 radical (unpaired) electrons. The number of benzene rings is 1. The van der Waals surface area contributed by atoms with Crippen molar-refractivity contribution in [1.29, 1.82) is 0 Å². The van der Waals surface area contributed by atoms with Gasteiger partial charge >= 0.3 is 0 Å². The van der Waals surface area contributed by atoms with E-state index < -0.39 is 0 Å². The first-order chi connectivity index (χ1) is 10.2. The molecule has 2 aromatic rings. The van der Waals surface area contributed by atoms with Crippen molar-refractivity contribution in [2.75, 3.05) is 25.6 Å². The van der Waals surface area contributed by atoms with Crippen LogP contribution in [0.15, 0.2) is 36.7 Å². The van der Waals surface area contributed by atoms with Crippen LogP contribution in [0.4, 0.5) is 5.69 Å². The molecule has 1 heterocycles. The Kier molecular flexibility index (Phi) is 5.48. The van der Waals surface area contributed by atoms with Gasteiger partial charge in [-0.3, -0.25) is 9.48 Å². The number of nitrogens with two attached hydrogens (primary N) is 1. The number of carbonyl (C=O) groups is 1. The quantitative estimate of drug-likeness (QED) is 0.804. The van der Waals surface area contributed by atoms with Crippen molar-refractivity contribution in [2.45, 2.75) is 13.0 Å². The summed E-state index contributed by atoms with van der Waals surface area (Å²) >= 11 is 0. The van der Waals surface area contributed by atoms with E-state index in [0.29, 0.717) is 30.9 Å². The fraction of sp³-hybridized carbons (Fsp3) is 0.333. The second kappa shape index (κ2) is 7.56.